The molecule has 0 spiro atoms. The maximum Gasteiger partial charge on any atom is 0.312 e. The first kappa shape index (κ1) is 15.3. The molecule has 3 atom stereocenters. The van der Waals surface area contributed by atoms with Crippen molar-refractivity contribution in [2.75, 3.05) is 7.11 Å². The van der Waals surface area contributed by atoms with Crippen LogP contribution in [0.25, 0.3) is 0 Å². The summed E-state index contributed by atoms with van der Waals surface area (Å²) >= 11 is 0. The van der Waals surface area contributed by atoms with E-state index in [9.17, 15) is 4.79 Å². The molecule has 3 nitrogen and oxygen atoms in total. The number of unbranched alkanes of at least 4 members (excludes halogenated alkanes) is 1. The molecule has 0 radical (unpaired) electrons. The van der Waals surface area contributed by atoms with Crippen molar-refractivity contribution in [2.45, 2.75) is 89.8 Å². The van der Waals surface area contributed by atoms with E-state index in [4.69, 9.17) is 9.47 Å². The van der Waals surface area contributed by atoms with Gasteiger partial charge >= 0.3 is 5.97 Å². The number of fused-ring (bicyclic) bond motifs is 1. The van der Waals surface area contributed by atoms with E-state index in [1.165, 1.54) is 51.4 Å². The van der Waals surface area contributed by atoms with E-state index in [1.54, 1.807) is 7.11 Å². The average molecular weight is 294 g/mol. The van der Waals surface area contributed by atoms with Gasteiger partial charge in [-0.2, -0.15) is 0 Å². The molecule has 3 rings (SSSR count). The van der Waals surface area contributed by atoms with Gasteiger partial charge in [0.1, 0.15) is 0 Å². The van der Waals surface area contributed by atoms with Gasteiger partial charge in [0.15, 0.2) is 0 Å². The molecule has 0 aromatic rings. The molecule has 1 aliphatic heterocycles. The van der Waals surface area contributed by atoms with Crippen LogP contribution in [0.3, 0.4) is 0 Å². The summed E-state index contributed by atoms with van der Waals surface area (Å²) in [5, 5.41) is 0. The van der Waals surface area contributed by atoms with Crippen molar-refractivity contribution in [3.05, 3.63) is 0 Å². The van der Waals surface area contributed by atoms with Crippen molar-refractivity contribution >= 4 is 5.97 Å². The molecule has 2 saturated carbocycles. The molecule has 21 heavy (non-hydrogen) atoms. The number of carbonyl (C=O) groups excluding carboxylic acids is 1. The first-order chi connectivity index (χ1) is 10.2. The van der Waals surface area contributed by atoms with Crippen LogP contribution in [0.2, 0.25) is 0 Å². The van der Waals surface area contributed by atoms with Gasteiger partial charge in [-0.15, -0.1) is 0 Å². The van der Waals surface area contributed by atoms with Gasteiger partial charge < -0.3 is 9.47 Å². The highest BCUT2D eigenvalue weighted by atomic mass is 16.6. The smallest absolute Gasteiger partial charge is 0.312 e. The number of epoxide rings is 1. The third-order valence-corrected chi connectivity index (χ3v) is 6.50. The zero-order valence-electron chi connectivity index (χ0n) is 13.7. The van der Waals surface area contributed by atoms with E-state index in [0.29, 0.717) is 12.2 Å². The Labute approximate surface area is 128 Å². The second kappa shape index (κ2) is 5.91. The lowest BCUT2D eigenvalue weighted by Crippen LogP contribution is -2.52. The number of rotatable bonds is 5. The van der Waals surface area contributed by atoms with E-state index in [-0.39, 0.29) is 16.8 Å². The van der Waals surface area contributed by atoms with Crippen LogP contribution in [-0.4, -0.2) is 25.3 Å². The van der Waals surface area contributed by atoms with Crippen LogP contribution in [-0.2, 0) is 14.3 Å². The van der Waals surface area contributed by atoms with Crippen LogP contribution in [0, 0.1) is 10.8 Å². The van der Waals surface area contributed by atoms with Crippen molar-refractivity contribution in [3.8, 4) is 0 Å². The summed E-state index contributed by atoms with van der Waals surface area (Å²) in [6.45, 7) is 2.25. The summed E-state index contributed by atoms with van der Waals surface area (Å²) in [5.74, 6) is 0.0504. The molecule has 3 heteroatoms. The lowest BCUT2D eigenvalue weighted by molar-refractivity contribution is -0.170. The fourth-order valence-corrected chi connectivity index (χ4v) is 5.24. The molecule has 2 aliphatic carbocycles. The van der Waals surface area contributed by atoms with E-state index < -0.39 is 0 Å². The highest BCUT2D eigenvalue weighted by molar-refractivity contribution is 5.78. The van der Waals surface area contributed by atoms with Crippen molar-refractivity contribution in [2.24, 2.45) is 10.8 Å². The first-order valence-corrected chi connectivity index (χ1v) is 8.91. The first-order valence-electron chi connectivity index (χ1n) is 8.91. The van der Waals surface area contributed by atoms with Crippen LogP contribution in [0.5, 0.6) is 0 Å². The summed E-state index contributed by atoms with van der Waals surface area (Å²) in [7, 11) is 1.57. The van der Waals surface area contributed by atoms with E-state index >= 15 is 0 Å². The van der Waals surface area contributed by atoms with Crippen LogP contribution in [0.4, 0.5) is 0 Å². The van der Waals surface area contributed by atoms with Gasteiger partial charge in [-0.1, -0.05) is 39.0 Å². The third kappa shape index (κ3) is 2.52. The molecule has 0 aromatic carbocycles. The number of hydrogen-bond donors (Lipinski definition) is 0. The van der Waals surface area contributed by atoms with Crippen LogP contribution in [0.1, 0.15) is 77.6 Å². The number of methoxy groups -OCH3 is 1. The standard InChI is InChI=1S/C18H30O3/c1-3-4-9-17(10-6-5-7-11-17)18(16(19)20-2)12-8-14-15(13-18)21-14/h14-15H,3-13H2,1-2H3. The average Bonchev–Trinajstić information content (AvgIpc) is 3.31. The molecule has 0 bridgehead atoms. The van der Waals surface area contributed by atoms with Gasteiger partial charge in [0.05, 0.1) is 24.7 Å². The molecule has 3 aliphatic rings. The Morgan fingerprint density at radius 3 is 2.57 bits per heavy atom. The molecular formula is C18H30O3. The van der Waals surface area contributed by atoms with E-state index in [1.807, 2.05) is 0 Å². The minimum atomic E-state index is -0.269. The highest BCUT2D eigenvalue weighted by Crippen LogP contribution is 2.62. The van der Waals surface area contributed by atoms with Gasteiger partial charge in [0.2, 0.25) is 0 Å². The van der Waals surface area contributed by atoms with Crippen LogP contribution in [0.15, 0.2) is 0 Å². The molecule has 120 valence electrons. The highest BCUT2D eigenvalue weighted by Gasteiger charge is 2.63. The molecule has 0 amide bonds. The summed E-state index contributed by atoms with van der Waals surface area (Å²) in [5.41, 5.74) is -0.0969. The lowest BCUT2D eigenvalue weighted by Gasteiger charge is -2.52. The van der Waals surface area contributed by atoms with Crippen molar-refractivity contribution in [1.29, 1.82) is 0 Å². The quantitative estimate of drug-likeness (QED) is 0.562. The molecular weight excluding hydrogens is 264 g/mol. The predicted molar refractivity (Wildman–Crippen MR) is 82.0 cm³/mol. The topological polar surface area (TPSA) is 38.8 Å². The molecule has 0 aromatic heterocycles. The monoisotopic (exact) mass is 294 g/mol. The SMILES string of the molecule is CCCCC1(C2(C(=O)OC)CCC3OC3C2)CCCCC1. The van der Waals surface area contributed by atoms with Crippen molar-refractivity contribution < 1.29 is 14.3 Å². The Morgan fingerprint density at radius 1 is 1.19 bits per heavy atom. The van der Waals surface area contributed by atoms with Gasteiger partial charge in [0.25, 0.3) is 0 Å². The summed E-state index contributed by atoms with van der Waals surface area (Å²) in [6, 6.07) is 0. The largest absolute Gasteiger partial charge is 0.469 e. The van der Waals surface area contributed by atoms with Crippen molar-refractivity contribution in [3.63, 3.8) is 0 Å². The van der Waals surface area contributed by atoms with E-state index in [2.05, 4.69) is 6.92 Å². The lowest BCUT2D eigenvalue weighted by atomic mass is 9.50. The normalized spacial score (nSPS) is 37.6. The van der Waals surface area contributed by atoms with Gasteiger partial charge in [0, 0.05) is 0 Å². The maximum absolute atomic E-state index is 12.8. The summed E-state index contributed by atoms with van der Waals surface area (Å²) in [4.78, 5) is 12.8. The third-order valence-electron chi connectivity index (χ3n) is 6.50. The predicted octanol–water partition coefficient (Wildman–Crippen LogP) is 4.24. The Kier molecular flexibility index (Phi) is 4.31. The minimum Gasteiger partial charge on any atom is -0.469 e. The summed E-state index contributed by atoms with van der Waals surface area (Å²) in [6.07, 6.45) is 13.6. The molecule has 3 unspecified atom stereocenters. The summed E-state index contributed by atoms with van der Waals surface area (Å²) < 4.78 is 11.1. The zero-order valence-corrected chi connectivity index (χ0v) is 13.7. The number of ether oxygens (including phenoxy) is 2. The second-order valence-corrected chi connectivity index (χ2v) is 7.47. The number of esters is 1. The Bertz CT molecular complexity index is 386. The van der Waals surface area contributed by atoms with Gasteiger partial charge in [-0.05, 0) is 43.9 Å². The fraction of sp³-hybridized carbons (Fsp3) is 0.944. The van der Waals surface area contributed by atoms with E-state index in [0.717, 1.165) is 19.3 Å². The Morgan fingerprint density at radius 2 is 1.95 bits per heavy atom. The Hall–Kier alpha value is -0.570. The number of hydrogen-bond acceptors (Lipinski definition) is 3. The molecule has 1 heterocycles. The van der Waals surface area contributed by atoms with Gasteiger partial charge in [-0.3, -0.25) is 4.79 Å². The van der Waals surface area contributed by atoms with Crippen LogP contribution >= 0.6 is 0 Å². The molecule has 3 fully saturated rings. The fourth-order valence-electron chi connectivity index (χ4n) is 5.24. The Balaban J connectivity index is 1.92. The van der Waals surface area contributed by atoms with Crippen molar-refractivity contribution in [1.82, 2.24) is 0 Å². The zero-order chi connectivity index (χ0) is 14.9. The van der Waals surface area contributed by atoms with Gasteiger partial charge in [-0.25, -0.2) is 0 Å². The second-order valence-electron chi connectivity index (χ2n) is 7.47. The molecule has 1 saturated heterocycles. The van der Waals surface area contributed by atoms with Crippen LogP contribution < -0.4 is 0 Å². The number of carbonyl (C=O) groups is 1. The maximum atomic E-state index is 12.8. The molecule has 0 N–H and O–H groups in total. The minimum absolute atomic E-state index is 0.0504.